The van der Waals surface area contributed by atoms with Gasteiger partial charge in [-0.2, -0.15) is 0 Å². The Balaban J connectivity index is 1.25. The van der Waals surface area contributed by atoms with Crippen molar-refractivity contribution in [1.82, 2.24) is 25.2 Å². The zero-order valence-corrected chi connectivity index (χ0v) is 36.0. The fraction of sp³-hybridized carbons (Fsp3) is 0.523. The highest BCUT2D eigenvalue weighted by Crippen LogP contribution is 2.48. The van der Waals surface area contributed by atoms with Crippen LogP contribution in [0.5, 0.6) is 17.2 Å². The number of nitrogens with one attached hydrogen (secondary N) is 3. The number of aromatic nitrogens is 1. The van der Waals surface area contributed by atoms with Crippen molar-refractivity contribution >= 4 is 44.7 Å². The number of halogens is 1. The van der Waals surface area contributed by atoms with Crippen molar-refractivity contribution < 1.29 is 51.3 Å². The Morgan fingerprint density at radius 3 is 2.49 bits per heavy atom. The van der Waals surface area contributed by atoms with Crippen molar-refractivity contribution in [3.8, 4) is 28.5 Å². The Labute approximate surface area is 354 Å². The van der Waals surface area contributed by atoms with Crippen LogP contribution in [-0.2, 0) is 24.4 Å². The number of hydrogen-bond donors (Lipinski definition) is 4. The third kappa shape index (κ3) is 9.12. The lowest BCUT2D eigenvalue weighted by Crippen LogP contribution is -2.59. The zero-order chi connectivity index (χ0) is 44.0. The fourth-order valence-corrected chi connectivity index (χ4v) is 9.78. The monoisotopic (exact) mass is 863 g/mol. The minimum absolute atomic E-state index is 0.0676. The number of carboxylic acid groups (broad SMARTS) is 1. The SMILES string of the molecule is COc1ccc2c(O[C@@H]3C[C@H]4C(=O)N[C@]5(C(=O)NS(=O)(=O)C6(C)CC6)C[C@H]5C=CCC[C@@H](C)C[C@@H](C)[C@H](NC(=O)O)C(=O)N4C3)cc(-c3ccc(OC(C)C)c(F)c3)nc2c1. The number of sulfonamides is 1. The highest BCUT2D eigenvalue weighted by atomic mass is 32.2. The number of methoxy groups -OCH3 is 1. The Hall–Kier alpha value is -5.45. The molecule has 3 aromatic rings. The van der Waals surface area contributed by atoms with E-state index in [0.29, 0.717) is 65.8 Å². The maximum Gasteiger partial charge on any atom is 0.405 e. The molecule has 0 unspecified atom stereocenters. The zero-order valence-electron chi connectivity index (χ0n) is 35.2. The van der Waals surface area contributed by atoms with Crippen molar-refractivity contribution in [3.05, 3.63) is 60.4 Å². The first-order valence-corrected chi connectivity index (χ1v) is 22.3. The predicted molar refractivity (Wildman–Crippen MR) is 224 cm³/mol. The molecule has 0 spiro atoms. The summed E-state index contributed by atoms with van der Waals surface area (Å²) in [7, 11) is -2.54. The summed E-state index contributed by atoms with van der Waals surface area (Å²) in [6, 6.07) is 8.87. The average molecular weight is 864 g/mol. The van der Waals surface area contributed by atoms with E-state index in [0.717, 1.165) is 0 Å². The van der Waals surface area contributed by atoms with E-state index in [2.05, 4.69) is 15.4 Å². The number of fused-ring (bicyclic) bond motifs is 3. The summed E-state index contributed by atoms with van der Waals surface area (Å²) in [6.07, 6.45) is 3.96. The number of rotatable bonds is 10. The van der Waals surface area contributed by atoms with Crippen LogP contribution in [-0.4, -0.2) is 95.5 Å². The van der Waals surface area contributed by atoms with Crippen LogP contribution >= 0.6 is 0 Å². The smallest absolute Gasteiger partial charge is 0.405 e. The minimum Gasteiger partial charge on any atom is -0.497 e. The van der Waals surface area contributed by atoms with Crippen molar-refractivity contribution in [2.24, 2.45) is 17.8 Å². The highest BCUT2D eigenvalue weighted by Gasteiger charge is 2.63. The lowest BCUT2D eigenvalue weighted by molar-refractivity contribution is -0.142. The van der Waals surface area contributed by atoms with Gasteiger partial charge in [-0.15, -0.1) is 0 Å². The number of ether oxygens (including phenoxy) is 3. The van der Waals surface area contributed by atoms with Crippen LogP contribution in [0.15, 0.2) is 54.6 Å². The number of hydrogen-bond acceptors (Lipinski definition) is 10. The van der Waals surface area contributed by atoms with Gasteiger partial charge in [-0.3, -0.25) is 19.1 Å². The van der Waals surface area contributed by atoms with E-state index in [-0.39, 0.29) is 37.2 Å². The van der Waals surface area contributed by atoms with Gasteiger partial charge in [0, 0.05) is 35.4 Å². The first kappa shape index (κ1) is 43.6. The lowest BCUT2D eigenvalue weighted by Gasteiger charge is -2.32. The summed E-state index contributed by atoms with van der Waals surface area (Å²) >= 11 is 0. The number of benzene rings is 2. The summed E-state index contributed by atoms with van der Waals surface area (Å²) in [5, 5.41) is 15.7. The molecule has 4 amide bonds. The molecule has 2 aliphatic carbocycles. The molecule has 2 aromatic carbocycles. The van der Waals surface area contributed by atoms with Gasteiger partial charge in [0.05, 0.1) is 35.7 Å². The molecule has 4 aliphatic rings. The summed E-state index contributed by atoms with van der Waals surface area (Å²) < 4.78 is 60.6. The third-order valence-electron chi connectivity index (χ3n) is 12.4. The van der Waals surface area contributed by atoms with Crippen LogP contribution in [0.4, 0.5) is 9.18 Å². The molecule has 1 saturated heterocycles. The molecule has 2 saturated carbocycles. The van der Waals surface area contributed by atoms with Crippen molar-refractivity contribution in [2.45, 2.75) is 114 Å². The van der Waals surface area contributed by atoms with Crippen LogP contribution in [0.2, 0.25) is 0 Å². The predicted octanol–water partition coefficient (Wildman–Crippen LogP) is 5.71. The Bertz CT molecular complexity index is 2370. The fourth-order valence-electron chi connectivity index (χ4n) is 8.47. The van der Waals surface area contributed by atoms with E-state index in [1.807, 2.05) is 19.1 Å². The van der Waals surface area contributed by atoms with E-state index in [1.54, 1.807) is 58.0 Å². The highest BCUT2D eigenvalue weighted by molar-refractivity contribution is 7.91. The van der Waals surface area contributed by atoms with Gasteiger partial charge in [-0.1, -0.05) is 26.0 Å². The van der Waals surface area contributed by atoms with Crippen LogP contribution < -0.4 is 29.6 Å². The van der Waals surface area contributed by atoms with Gasteiger partial charge in [0.1, 0.15) is 35.2 Å². The van der Waals surface area contributed by atoms with Gasteiger partial charge in [0.2, 0.25) is 21.8 Å². The quantitative estimate of drug-likeness (QED) is 0.182. The average Bonchev–Trinajstić information content (AvgIpc) is 4.08. The van der Waals surface area contributed by atoms with Gasteiger partial charge in [0.15, 0.2) is 11.6 Å². The summed E-state index contributed by atoms with van der Waals surface area (Å²) in [6.45, 7) is 8.82. The van der Waals surface area contributed by atoms with Gasteiger partial charge in [-0.25, -0.2) is 22.6 Å². The molecule has 328 valence electrons. The van der Waals surface area contributed by atoms with Crippen molar-refractivity contribution in [1.29, 1.82) is 0 Å². The Morgan fingerprint density at radius 1 is 1.07 bits per heavy atom. The van der Waals surface area contributed by atoms with Crippen LogP contribution in [0, 0.1) is 23.6 Å². The molecular weight excluding hydrogens is 810 g/mol. The summed E-state index contributed by atoms with van der Waals surface area (Å²) in [4.78, 5) is 61.4. The molecule has 15 nitrogen and oxygen atoms in total. The molecule has 7 atom stereocenters. The first-order chi connectivity index (χ1) is 28.8. The normalized spacial score (nSPS) is 27.5. The van der Waals surface area contributed by atoms with E-state index >= 15 is 4.39 Å². The minimum atomic E-state index is -4.05. The van der Waals surface area contributed by atoms with Crippen LogP contribution in [0.25, 0.3) is 22.2 Å². The molecule has 3 heterocycles. The van der Waals surface area contributed by atoms with Crippen LogP contribution in [0.1, 0.15) is 79.6 Å². The molecule has 3 fully saturated rings. The van der Waals surface area contributed by atoms with E-state index in [4.69, 9.17) is 19.2 Å². The molecule has 4 N–H and O–H groups in total. The van der Waals surface area contributed by atoms with Crippen molar-refractivity contribution in [3.63, 3.8) is 0 Å². The summed E-state index contributed by atoms with van der Waals surface area (Å²) in [5.74, 6) is -2.77. The Morgan fingerprint density at radius 2 is 1.82 bits per heavy atom. The van der Waals surface area contributed by atoms with Gasteiger partial charge in [0.25, 0.3) is 5.91 Å². The molecule has 17 heteroatoms. The molecule has 2 aliphatic heterocycles. The second kappa shape index (κ2) is 16.8. The molecule has 1 aromatic heterocycles. The summed E-state index contributed by atoms with van der Waals surface area (Å²) in [5.41, 5.74) is -0.354. The van der Waals surface area contributed by atoms with Gasteiger partial charge < -0.3 is 34.9 Å². The molecule has 0 bridgehead atoms. The largest absolute Gasteiger partial charge is 0.497 e. The van der Waals surface area contributed by atoms with E-state index < -0.39 is 80.0 Å². The molecule has 0 radical (unpaired) electrons. The number of carbonyl (C=O) groups is 4. The molecule has 7 rings (SSSR count). The first-order valence-electron chi connectivity index (χ1n) is 20.8. The van der Waals surface area contributed by atoms with Gasteiger partial charge >= 0.3 is 6.09 Å². The van der Waals surface area contributed by atoms with E-state index in [1.165, 1.54) is 24.1 Å². The maximum atomic E-state index is 15.3. The Kier molecular flexibility index (Phi) is 12.0. The lowest BCUT2D eigenvalue weighted by atomic mass is 9.88. The molecular formula is C44H54FN5O10S. The van der Waals surface area contributed by atoms with Gasteiger partial charge in [-0.05, 0) is 101 Å². The third-order valence-corrected chi connectivity index (χ3v) is 14.6. The number of nitrogens with zero attached hydrogens (tertiary/aromatic N) is 2. The number of amides is 4. The molecule has 61 heavy (non-hydrogen) atoms. The standard InChI is InChI=1S/C44H54FN5O10S/c1-24(2)59-36-14-11-27(18-32(36)45)33-21-37(31-13-12-29(58-6)19-34(31)46-33)60-30-20-35-39(51)48-44(41(53)49-61(56,57)43(5)15-16-43)22-28(44)10-8-7-9-25(3)17-26(4)38(47-42(54)55)40(52)50(35)23-30/h8,10-14,18-19,21,24-26,28,30,35,38,47H,7,9,15-17,20,22-23H2,1-6H3,(H,48,51)(H,49,53)(H,54,55)/t25-,26-,28-,30-,35+,38+,44-/m1/s1. The number of pyridine rings is 1. The number of allylic oxidation sites excluding steroid dienone is 1. The maximum absolute atomic E-state index is 15.3. The second-order valence-corrected chi connectivity index (χ2v) is 19.8. The number of carbonyl (C=O) groups excluding carboxylic acids is 3. The van der Waals surface area contributed by atoms with Crippen molar-refractivity contribution in [2.75, 3.05) is 13.7 Å². The topological polar surface area (TPSA) is 203 Å². The van der Waals surface area contributed by atoms with Crippen LogP contribution in [0.3, 0.4) is 0 Å². The van der Waals surface area contributed by atoms with E-state index in [9.17, 15) is 32.7 Å². The second-order valence-electron chi connectivity index (χ2n) is 17.6.